The van der Waals surface area contributed by atoms with Gasteiger partial charge in [-0.2, -0.15) is 13.2 Å². The lowest BCUT2D eigenvalue weighted by atomic mass is 10.1. The van der Waals surface area contributed by atoms with E-state index in [9.17, 15) is 27.6 Å². The molecule has 0 saturated carbocycles. The standard InChI is InChI=1S/C18H21F3N4O3S/c1-2-7-22-14(26)8-13-9-15(27)25-17(24-13)29-10-16(28)23-12-5-3-11(4-6-12)18(19,20)21/h2-6,13,17,24H,1,7-10H2,(H,22,26)(H,23,28)(H,25,27). The molecule has 2 unspecified atom stereocenters. The Hall–Kier alpha value is -2.53. The fourth-order valence-electron chi connectivity index (χ4n) is 2.55. The molecule has 29 heavy (non-hydrogen) atoms. The van der Waals surface area contributed by atoms with E-state index in [1.54, 1.807) is 6.08 Å². The molecule has 0 aliphatic carbocycles. The van der Waals surface area contributed by atoms with Crippen LogP contribution in [0.5, 0.6) is 0 Å². The van der Waals surface area contributed by atoms with Gasteiger partial charge >= 0.3 is 6.18 Å². The summed E-state index contributed by atoms with van der Waals surface area (Å²) in [6, 6.07) is 3.74. The Bertz CT molecular complexity index is 756. The molecule has 158 valence electrons. The molecular weight excluding hydrogens is 409 g/mol. The van der Waals surface area contributed by atoms with E-state index in [-0.39, 0.29) is 42.1 Å². The molecule has 1 heterocycles. The molecule has 1 aromatic rings. The number of carbonyl (C=O) groups is 3. The molecule has 0 spiro atoms. The van der Waals surface area contributed by atoms with E-state index in [1.165, 1.54) is 12.1 Å². The molecule has 1 fully saturated rings. The SMILES string of the molecule is C=CCNC(=O)CC1CC(=O)NC(SCC(=O)Nc2ccc(C(F)(F)F)cc2)N1. The summed E-state index contributed by atoms with van der Waals surface area (Å²) in [6.45, 7) is 3.84. The number of halogens is 3. The van der Waals surface area contributed by atoms with Gasteiger partial charge in [0.15, 0.2) is 0 Å². The van der Waals surface area contributed by atoms with Gasteiger partial charge in [0, 0.05) is 31.1 Å². The van der Waals surface area contributed by atoms with E-state index in [1.807, 2.05) is 0 Å². The van der Waals surface area contributed by atoms with Crippen LogP contribution in [0.1, 0.15) is 18.4 Å². The number of hydrogen-bond acceptors (Lipinski definition) is 5. The maximum atomic E-state index is 12.6. The van der Waals surface area contributed by atoms with Crippen LogP contribution in [0.4, 0.5) is 18.9 Å². The highest BCUT2D eigenvalue weighted by Gasteiger charge is 2.30. The zero-order valence-corrected chi connectivity index (χ0v) is 16.2. The first-order valence-electron chi connectivity index (χ1n) is 8.69. The van der Waals surface area contributed by atoms with Crippen LogP contribution in [0.2, 0.25) is 0 Å². The van der Waals surface area contributed by atoms with Crippen LogP contribution in [0.15, 0.2) is 36.9 Å². The molecule has 0 bridgehead atoms. The number of hydrogen-bond donors (Lipinski definition) is 4. The van der Waals surface area contributed by atoms with Gasteiger partial charge in [-0.3, -0.25) is 19.7 Å². The lowest BCUT2D eigenvalue weighted by Gasteiger charge is -2.30. The number of anilines is 1. The zero-order valence-electron chi connectivity index (χ0n) is 15.3. The molecule has 0 radical (unpaired) electrons. The summed E-state index contributed by atoms with van der Waals surface area (Å²) in [7, 11) is 0. The first-order chi connectivity index (χ1) is 13.7. The Balaban J connectivity index is 1.80. The number of carbonyl (C=O) groups excluding carboxylic acids is 3. The largest absolute Gasteiger partial charge is 0.416 e. The van der Waals surface area contributed by atoms with E-state index in [0.29, 0.717) is 6.54 Å². The van der Waals surface area contributed by atoms with Crippen molar-refractivity contribution in [3.05, 3.63) is 42.5 Å². The zero-order chi connectivity index (χ0) is 21.4. The van der Waals surface area contributed by atoms with E-state index in [2.05, 4.69) is 27.8 Å². The van der Waals surface area contributed by atoms with Crippen LogP contribution in [-0.4, -0.2) is 41.6 Å². The number of alkyl halides is 3. The monoisotopic (exact) mass is 430 g/mol. The summed E-state index contributed by atoms with van der Waals surface area (Å²) < 4.78 is 37.7. The van der Waals surface area contributed by atoms with Gasteiger partial charge in [-0.05, 0) is 24.3 Å². The fourth-order valence-corrected chi connectivity index (χ4v) is 3.44. The maximum Gasteiger partial charge on any atom is 0.416 e. The minimum atomic E-state index is -4.44. The second kappa shape index (κ2) is 10.3. The van der Waals surface area contributed by atoms with Gasteiger partial charge in [-0.25, -0.2) is 0 Å². The van der Waals surface area contributed by atoms with Crippen LogP contribution < -0.4 is 21.3 Å². The Kier molecular flexibility index (Phi) is 8.09. The summed E-state index contributed by atoms with van der Waals surface area (Å²) in [5.41, 5.74) is -1.13. The first kappa shape index (κ1) is 22.8. The van der Waals surface area contributed by atoms with Crippen LogP contribution in [0.3, 0.4) is 0 Å². The van der Waals surface area contributed by atoms with Crippen LogP contribution >= 0.6 is 11.8 Å². The minimum absolute atomic E-state index is 0.0473. The van der Waals surface area contributed by atoms with E-state index in [4.69, 9.17) is 0 Å². The van der Waals surface area contributed by atoms with Crippen molar-refractivity contribution >= 4 is 35.2 Å². The highest BCUT2D eigenvalue weighted by molar-refractivity contribution is 8.00. The second-order valence-corrected chi connectivity index (χ2v) is 7.34. The van der Waals surface area contributed by atoms with Gasteiger partial charge in [0.05, 0.1) is 11.3 Å². The van der Waals surface area contributed by atoms with Crippen molar-refractivity contribution in [2.75, 3.05) is 17.6 Å². The average molecular weight is 430 g/mol. The number of amides is 3. The van der Waals surface area contributed by atoms with Crippen molar-refractivity contribution in [1.82, 2.24) is 16.0 Å². The van der Waals surface area contributed by atoms with Crippen molar-refractivity contribution in [2.24, 2.45) is 0 Å². The van der Waals surface area contributed by atoms with Crippen LogP contribution in [0, 0.1) is 0 Å². The summed E-state index contributed by atoms with van der Waals surface area (Å²) >= 11 is 1.10. The third-order valence-electron chi connectivity index (χ3n) is 3.86. The quantitative estimate of drug-likeness (QED) is 0.472. The Labute approximate surface area is 169 Å². The lowest BCUT2D eigenvalue weighted by molar-refractivity contribution is -0.137. The van der Waals surface area contributed by atoms with Crippen molar-refractivity contribution in [2.45, 2.75) is 30.6 Å². The molecule has 2 rings (SSSR count). The van der Waals surface area contributed by atoms with Gasteiger partial charge in [0.1, 0.15) is 5.50 Å². The molecule has 7 nitrogen and oxygen atoms in total. The van der Waals surface area contributed by atoms with Crippen LogP contribution in [0.25, 0.3) is 0 Å². The number of rotatable bonds is 8. The maximum absolute atomic E-state index is 12.6. The highest BCUT2D eigenvalue weighted by atomic mass is 32.2. The number of nitrogens with one attached hydrogen (secondary N) is 4. The summed E-state index contributed by atoms with van der Waals surface area (Å²) in [6.07, 6.45) is -2.65. The molecule has 1 saturated heterocycles. The molecule has 4 N–H and O–H groups in total. The second-order valence-electron chi connectivity index (χ2n) is 6.25. The summed E-state index contributed by atoms with van der Waals surface area (Å²) in [5, 5.41) is 10.9. The topological polar surface area (TPSA) is 99.3 Å². The van der Waals surface area contributed by atoms with Crippen molar-refractivity contribution in [1.29, 1.82) is 0 Å². The van der Waals surface area contributed by atoms with Crippen molar-refractivity contribution < 1.29 is 27.6 Å². The molecule has 2 atom stereocenters. The lowest BCUT2D eigenvalue weighted by Crippen LogP contribution is -2.56. The minimum Gasteiger partial charge on any atom is -0.353 e. The van der Waals surface area contributed by atoms with Gasteiger partial charge in [-0.15, -0.1) is 18.3 Å². The number of thioether (sulfide) groups is 1. The first-order valence-corrected chi connectivity index (χ1v) is 9.74. The van der Waals surface area contributed by atoms with Gasteiger partial charge in [-0.1, -0.05) is 6.08 Å². The van der Waals surface area contributed by atoms with E-state index < -0.39 is 23.1 Å². The third-order valence-corrected chi connectivity index (χ3v) is 4.88. The average Bonchev–Trinajstić information content (AvgIpc) is 2.64. The molecule has 1 aromatic carbocycles. The predicted octanol–water partition coefficient (Wildman–Crippen LogP) is 1.83. The molecule has 3 amide bonds. The molecular formula is C18H21F3N4O3S. The molecule has 0 aromatic heterocycles. The van der Waals surface area contributed by atoms with Gasteiger partial charge in [0.2, 0.25) is 17.7 Å². The molecule has 11 heteroatoms. The van der Waals surface area contributed by atoms with Crippen molar-refractivity contribution in [3.63, 3.8) is 0 Å². The molecule has 1 aliphatic rings. The Morgan fingerprint density at radius 1 is 1.24 bits per heavy atom. The summed E-state index contributed by atoms with van der Waals surface area (Å²) in [5.74, 6) is -0.947. The van der Waals surface area contributed by atoms with E-state index in [0.717, 1.165) is 23.9 Å². The Morgan fingerprint density at radius 2 is 1.93 bits per heavy atom. The number of benzene rings is 1. The third kappa shape index (κ3) is 7.78. The molecule has 1 aliphatic heterocycles. The normalized spacial score (nSPS) is 19.2. The Morgan fingerprint density at radius 3 is 2.55 bits per heavy atom. The predicted molar refractivity (Wildman–Crippen MR) is 104 cm³/mol. The fraction of sp³-hybridized carbons (Fsp3) is 0.389. The van der Waals surface area contributed by atoms with Crippen molar-refractivity contribution in [3.8, 4) is 0 Å². The van der Waals surface area contributed by atoms with Gasteiger partial charge in [0.25, 0.3) is 0 Å². The smallest absolute Gasteiger partial charge is 0.353 e. The van der Waals surface area contributed by atoms with Gasteiger partial charge < -0.3 is 16.0 Å². The highest BCUT2D eigenvalue weighted by Crippen LogP contribution is 2.29. The van der Waals surface area contributed by atoms with E-state index >= 15 is 0 Å². The van der Waals surface area contributed by atoms with Crippen LogP contribution in [-0.2, 0) is 20.6 Å². The summed E-state index contributed by atoms with van der Waals surface area (Å²) in [4.78, 5) is 35.6.